The predicted molar refractivity (Wildman–Crippen MR) is 105 cm³/mol. The Bertz CT molecular complexity index is 1020. The Hall–Kier alpha value is -3.00. The molecule has 0 spiro atoms. The zero-order chi connectivity index (χ0) is 21.1. The molecule has 8 heteroatoms. The summed E-state index contributed by atoms with van der Waals surface area (Å²) >= 11 is 0. The fourth-order valence-electron chi connectivity index (χ4n) is 3.14. The molecule has 2 amide bonds. The van der Waals surface area contributed by atoms with Crippen LogP contribution in [-0.2, 0) is 6.42 Å². The van der Waals surface area contributed by atoms with Crippen molar-refractivity contribution < 1.29 is 23.1 Å². The molecule has 3 rings (SSSR count). The highest BCUT2D eigenvalue weighted by atomic mass is 19.1. The minimum Gasteiger partial charge on any atom is -0.394 e. The third-order valence-corrected chi connectivity index (χ3v) is 4.75. The fourth-order valence-corrected chi connectivity index (χ4v) is 3.14. The first-order chi connectivity index (χ1) is 13.8. The van der Waals surface area contributed by atoms with Crippen LogP contribution in [-0.4, -0.2) is 47.3 Å². The molecule has 29 heavy (non-hydrogen) atoms. The zero-order valence-electron chi connectivity index (χ0n) is 16.1. The van der Waals surface area contributed by atoms with Crippen molar-refractivity contribution in [3.63, 3.8) is 0 Å². The van der Waals surface area contributed by atoms with Gasteiger partial charge in [-0.25, -0.2) is 18.0 Å². The van der Waals surface area contributed by atoms with Crippen molar-refractivity contribution >= 4 is 16.9 Å². The van der Waals surface area contributed by atoms with Gasteiger partial charge < -0.3 is 20.3 Å². The van der Waals surface area contributed by atoms with Crippen molar-refractivity contribution in [2.75, 3.05) is 20.2 Å². The number of benzene rings is 2. The summed E-state index contributed by atoms with van der Waals surface area (Å²) in [6.45, 7) is 1.75. The molecular formula is C21H22F3N3O2. The van der Waals surface area contributed by atoms with Gasteiger partial charge in [0.15, 0.2) is 0 Å². The topological polar surface area (TPSA) is 68.4 Å². The molecular weight excluding hydrogens is 383 g/mol. The Morgan fingerprint density at radius 2 is 1.86 bits per heavy atom. The van der Waals surface area contributed by atoms with Gasteiger partial charge in [-0.15, -0.1) is 0 Å². The van der Waals surface area contributed by atoms with Gasteiger partial charge in [-0.2, -0.15) is 0 Å². The molecule has 1 aromatic heterocycles. The van der Waals surface area contributed by atoms with Crippen LogP contribution in [0.5, 0.6) is 0 Å². The zero-order valence-corrected chi connectivity index (χ0v) is 16.1. The van der Waals surface area contributed by atoms with Gasteiger partial charge in [-0.3, -0.25) is 0 Å². The van der Waals surface area contributed by atoms with Crippen LogP contribution in [0.25, 0.3) is 22.2 Å². The minimum atomic E-state index is -0.725. The lowest BCUT2D eigenvalue weighted by atomic mass is 10.0. The maximum Gasteiger partial charge on any atom is 0.317 e. The Kier molecular flexibility index (Phi) is 6.12. The van der Waals surface area contributed by atoms with E-state index in [1.807, 2.05) is 0 Å². The number of aromatic amines is 1. The first-order valence-electron chi connectivity index (χ1n) is 9.18. The SMILES string of the molecule is C[C@@H](CO)NC(=O)N(C)CCc1c(-c2ccc(F)cc2)[nH]c2c(F)cc(F)cc12. The number of nitrogens with one attached hydrogen (secondary N) is 2. The number of carbonyl (C=O) groups is 1. The van der Waals surface area contributed by atoms with Gasteiger partial charge in [0.25, 0.3) is 0 Å². The van der Waals surface area contributed by atoms with Crippen LogP contribution in [0, 0.1) is 17.5 Å². The monoisotopic (exact) mass is 405 g/mol. The van der Waals surface area contributed by atoms with E-state index in [0.29, 0.717) is 28.6 Å². The fraction of sp³-hybridized carbons (Fsp3) is 0.286. The van der Waals surface area contributed by atoms with Crippen molar-refractivity contribution in [3.8, 4) is 11.3 Å². The van der Waals surface area contributed by atoms with E-state index in [9.17, 15) is 18.0 Å². The lowest BCUT2D eigenvalue weighted by molar-refractivity contribution is 0.194. The van der Waals surface area contributed by atoms with E-state index in [2.05, 4.69) is 10.3 Å². The molecule has 0 saturated carbocycles. The third kappa shape index (κ3) is 4.54. The Labute approximate surface area is 166 Å². The number of aromatic nitrogens is 1. The summed E-state index contributed by atoms with van der Waals surface area (Å²) in [5.41, 5.74) is 1.95. The number of carbonyl (C=O) groups excluding carboxylic acids is 1. The van der Waals surface area contributed by atoms with Crippen LogP contribution >= 0.6 is 0 Å². The molecule has 3 N–H and O–H groups in total. The largest absolute Gasteiger partial charge is 0.394 e. The van der Waals surface area contributed by atoms with Gasteiger partial charge in [0.05, 0.1) is 18.2 Å². The Balaban J connectivity index is 1.95. The first kappa shape index (κ1) is 20.7. The smallest absolute Gasteiger partial charge is 0.317 e. The average molecular weight is 405 g/mol. The maximum absolute atomic E-state index is 14.3. The molecule has 154 valence electrons. The highest BCUT2D eigenvalue weighted by molar-refractivity contribution is 5.91. The molecule has 1 heterocycles. The summed E-state index contributed by atoms with van der Waals surface area (Å²) in [7, 11) is 1.59. The van der Waals surface area contributed by atoms with Gasteiger partial charge in [0, 0.05) is 30.7 Å². The van der Waals surface area contributed by atoms with E-state index < -0.39 is 23.5 Å². The number of H-pyrrole nitrogens is 1. The van der Waals surface area contributed by atoms with Crippen LogP contribution in [0.4, 0.5) is 18.0 Å². The number of urea groups is 1. The molecule has 0 unspecified atom stereocenters. The third-order valence-electron chi connectivity index (χ3n) is 4.75. The van der Waals surface area contributed by atoms with Gasteiger partial charge in [-0.1, -0.05) is 0 Å². The normalized spacial score (nSPS) is 12.2. The number of likely N-dealkylation sites (N-methyl/N-ethyl adjacent to an activating group) is 1. The summed E-state index contributed by atoms with van der Waals surface area (Å²) in [6.07, 6.45) is 0.313. The molecule has 0 radical (unpaired) electrons. The lowest BCUT2D eigenvalue weighted by Gasteiger charge is -2.20. The van der Waals surface area contributed by atoms with Gasteiger partial charge in [-0.05, 0) is 54.8 Å². The van der Waals surface area contributed by atoms with E-state index in [-0.39, 0.29) is 24.7 Å². The van der Waals surface area contributed by atoms with Crippen molar-refractivity contribution in [3.05, 3.63) is 59.4 Å². The summed E-state index contributed by atoms with van der Waals surface area (Å²) in [4.78, 5) is 16.6. The van der Waals surface area contributed by atoms with Gasteiger partial charge in [0.2, 0.25) is 0 Å². The summed E-state index contributed by atoms with van der Waals surface area (Å²) in [5, 5.41) is 12.1. The van der Waals surface area contributed by atoms with Gasteiger partial charge in [0.1, 0.15) is 17.5 Å². The van der Waals surface area contributed by atoms with Crippen molar-refractivity contribution in [1.29, 1.82) is 0 Å². The lowest BCUT2D eigenvalue weighted by Crippen LogP contribution is -2.43. The standard InChI is InChI=1S/C21H22F3N3O2/c1-12(11-28)25-21(29)27(2)8-7-16-17-9-15(23)10-18(24)20(17)26-19(16)13-3-5-14(22)6-4-13/h3-6,9-10,12,26,28H,7-8,11H2,1-2H3,(H,25,29)/t12-/m0/s1. The number of halogens is 3. The second-order valence-corrected chi connectivity index (χ2v) is 7.00. The number of rotatable bonds is 6. The first-order valence-corrected chi connectivity index (χ1v) is 9.18. The van der Waals surface area contributed by atoms with Crippen LogP contribution in [0.15, 0.2) is 36.4 Å². The number of fused-ring (bicyclic) bond motifs is 1. The number of amides is 2. The molecule has 0 fully saturated rings. The maximum atomic E-state index is 14.3. The quantitative estimate of drug-likeness (QED) is 0.584. The van der Waals surface area contributed by atoms with E-state index >= 15 is 0 Å². The van der Waals surface area contributed by atoms with E-state index in [0.717, 1.165) is 6.07 Å². The molecule has 5 nitrogen and oxygen atoms in total. The average Bonchev–Trinajstić information content (AvgIpc) is 3.05. The number of nitrogens with zero attached hydrogens (tertiary/aromatic N) is 1. The molecule has 0 aliphatic carbocycles. The molecule has 2 aromatic carbocycles. The Morgan fingerprint density at radius 1 is 1.17 bits per heavy atom. The minimum absolute atomic E-state index is 0.154. The van der Waals surface area contributed by atoms with Crippen LogP contribution in [0.2, 0.25) is 0 Å². The van der Waals surface area contributed by atoms with E-state index in [1.54, 1.807) is 26.1 Å². The highest BCUT2D eigenvalue weighted by Gasteiger charge is 2.19. The number of aliphatic hydroxyl groups is 1. The molecule has 0 saturated heterocycles. The molecule has 1 atom stereocenters. The molecule has 0 aliphatic rings. The summed E-state index contributed by atoms with van der Waals surface area (Å²) < 4.78 is 41.5. The van der Waals surface area contributed by atoms with E-state index in [1.165, 1.54) is 23.1 Å². The molecule has 0 aliphatic heterocycles. The second-order valence-electron chi connectivity index (χ2n) is 7.00. The number of hydrogen-bond acceptors (Lipinski definition) is 2. The molecule has 3 aromatic rings. The number of hydrogen-bond donors (Lipinski definition) is 3. The second kappa shape index (κ2) is 8.57. The summed E-state index contributed by atoms with van der Waals surface area (Å²) in [5.74, 6) is -1.83. The van der Waals surface area contributed by atoms with E-state index in [4.69, 9.17) is 5.11 Å². The van der Waals surface area contributed by atoms with Gasteiger partial charge >= 0.3 is 6.03 Å². The summed E-state index contributed by atoms with van der Waals surface area (Å²) in [6, 6.07) is 6.96. The van der Waals surface area contributed by atoms with Crippen LogP contribution < -0.4 is 5.32 Å². The van der Waals surface area contributed by atoms with Crippen molar-refractivity contribution in [1.82, 2.24) is 15.2 Å². The van der Waals surface area contributed by atoms with Crippen LogP contribution in [0.1, 0.15) is 12.5 Å². The van der Waals surface area contributed by atoms with Crippen molar-refractivity contribution in [2.24, 2.45) is 0 Å². The van der Waals surface area contributed by atoms with Crippen LogP contribution in [0.3, 0.4) is 0 Å². The highest BCUT2D eigenvalue weighted by Crippen LogP contribution is 2.33. The predicted octanol–water partition coefficient (Wildman–Crippen LogP) is 3.82. The molecule has 0 bridgehead atoms. The Morgan fingerprint density at radius 3 is 2.52 bits per heavy atom. The van der Waals surface area contributed by atoms with Crippen molar-refractivity contribution in [2.45, 2.75) is 19.4 Å². The number of aliphatic hydroxyl groups excluding tert-OH is 1.